The van der Waals surface area contributed by atoms with Gasteiger partial charge in [-0.3, -0.25) is 15.1 Å². The van der Waals surface area contributed by atoms with Crippen LogP contribution < -0.4 is 16.4 Å². The molecule has 0 radical (unpaired) electrons. The molecular formula is C24H27N7O3. The van der Waals surface area contributed by atoms with Gasteiger partial charge in [0.1, 0.15) is 17.2 Å². The number of aryl methyl sites for hydroxylation is 1. The molecule has 2 amide bonds. The molecular weight excluding hydrogens is 434 g/mol. The summed E-state index contributed by atoms with van der Waals surface area (Å²) in [6.07, 6.45) is 4.92. The van der Waals surface area contributed by atoms with Gasteiger partial charge in [0.15, 0.2) is 0 Å². The van der Waals surface area contributed by atoms with E-state index in [1.807, 2.05) is 12.3 Å². The van der Waals surface area contributed by atoms with Crippen molar-refractivity contribution in [2.45, 2.75) is 38.7 Å². The van der Waals surface area contributed by atoms with Crippen molar-refractivity contribution >= 4 is 40.1 Å². The Labute approximate surface area is 196 Å². The van der Waals surface area contributed by atoms with Crippen molar-refractivity contribution in [1.29, 1.82) is 0 Å². The first-order valence-electron chi connectivity index (χ1n) is 11.3. The van der Waals surface area contributed by atoms with E-state index < -0.39 is 11.7 Å². The van der Waals surface area contributed by atoms with Crippen molar-refractivity contribution in [3.8, 4) is 11.3 Å². The van der Waals surface area contributed by atoms with Crippen LogP contribution in [0.2, 0.25) is 0 Å². The molecule has 1 fully saturated rings. The highest BCUT2D eigenvalue weighted by Gasteiger charge is 2.41. The summed E-state index contributed by atoms with van der Waals surface area (Å²) in [4.78, 5) is 39.4. The average Bonchev–Trinajstić information content (AvgIpc) is 3.04. The quantitative estimate of drug-likeness (QED) is 0.541. The molecule has 176 valence electrons. The lowest BCUT2D eigenvalue weighted by Gasteiger charge is -2.23. The topological polar surface area (TPSA) is 135 Å². The number of fused-ring (bicyclic) bond motifs is 2. The number of rotatable bonds is 3. The lowest BCUT2D eigenvalue weighted by Crippen LogP contribution is -2.36. The second-order valence-electron chi connectivity index (χ2n) is 9.22. The fraction of sp³-hybridized carbons (Fsp3) is 0.375. The molecule has 10 nitrogen and oxygen atoms in total. The second-order valence-corrected chi connectivity index (χ2v) is 9.22. The van der Waals surface area contributed by atoms with Gasteiger partial charge in [0.05, 0.1) is 30.0 Å². The van der Waals surface area contributed by atoms with Crippen LogP contribution in [0.1, 0.15) is 31.0 Å². The zero-order chi connectivity index (χ0) is 24.0. The number of hydrogen-bond donors (Lipinski definition) is 3. The van der Waals surface area contributed by atoms with Crippen molar-refractivity contribution in [3.05, 3.63) is 35.8 Å². The summed E-state index contributed by atoms with van der Waals surface area (Å²) < 4.78 is 5.54. The maximum atomic E-state index is 12.5. The Kier molecular flexibility index (Phi) is 5.22. The number of pyridine rings is 3. The van der Waals surface area contributed by atoms with Crippen molar-refractivity contribution in [2.75, 3.05) is 36.5 Å². The van der Waals surface area contributed by atoms with E-state index >= 15 is 0 Å². The van der Waals surface area contributed by atoms with E-state index in [4.69, 9.17) is 10.5 Å². The zero-order valence-corrected chi connectivity index (χ0v) is 19.4. The minimum atomic E-state index is -0.876. The molecule has 5 heterocycles. The van der Waals surface area contributed by atoms with Gasteiger partial charge in [-0.05, 0) is 49.8 Å². The highest BCUT2D eigenvalue weighted by atomic mass is 16.6. The van der Waals surface area contributed by atoms with Crippen LogP contribution in [0.5, 0.6) is 0 Å². The summed E-state index contributed by atoms with van der Waals surface area (Å²) in [7, 11) is 1.69. The van der Waals surface area contributed by atoms with Crippen LogP contribution >= 0.6 is 0 Å². The fourth-order valence-electron chi connectivity index (χ4n) is 4.71. The molecule has 1 atom stereocenters. The minimum Gasteiger partial charge on any atom is -0.441 e. The molecule has 34 heavy (non-hydrogen) atoms. The number of nitrogens with one attached hydrogen (secondary N) is 2. The van der Waals surface area contributed by atoms with E-state index in [-0.39, 0.29) is 12.3 Å². The van der Waals surface area contributed by atoms with E-state index in [2.05, 4.69) is 32.5 Å². The standard InChI is InChI=1S/C24H27N7O3/c1-13-15(10-27-17-5-4-6-26-21(13)17)18-7-14-8-19(28-11-16(14)22(25)29-18)30-23(33)34-24(2)9-20(32)31(3)12-24/h7-8,10-11,26H,4-6,9,12H2,1-3H3,(H2,25,29)(H,28,30,33)/t24-/m0/s1. The van der Waals surface area contributed by atoms with E-state index in [0.29, 0.717) is 29.3 Å². The Bertz CT molecular complexity index is 1330. The summed E-state index contributed by atoms with van der Waals surface area (Å²) in [6.45, 7) is 5.06. The number of nitrogens with two attached hydrogens (primary N) is 1. The average molecular weight is 462 g/mol. The molecule has 0 spiro atoms. The summed E-state index contributed by atoms with van der Waals surface area (Å²) in [5.74, 6) is 0.605. The van der Waals surface area contributed by atoms with Crippen molar-refractivity contribution in [2.24, 2.45) is 0 Å². The monoisotopic (exact) mass is 461 g/mol. The fourth-order valence-corrected chi connectivity index (χ4v) is 4.71. The third-order valence-electron chi connectivity index (χ3n) is 6.42. The van der Waals surface area contributed by atoms with Gasteiger partial charge < -0.3 is 20.7 Å². The van der Waals surface area contributed by atoms with Gasteiger partial charge in [0, 0.05) is 36.9 Å². The molecule has 2 aliphatic rings. The molecule has 0 aliphatic carbocycles. The second kappa shape index (κ2) is 8.12. The van der Waals surface area contributed by atoms with E-state index in [9.17, 15) is 9.59 Å². The summed E-state index contributed by atoms with van der Waals surface area (Å²) in [5.41, 5.74) is 10.2. The van der Waals surface area contributed by atoms with Gasteiger partial charge in [-0.15, -0.1) is 0 Å². The molecule has 0 aromatic carbocycles. The molecule has 3 aromatic heterocycles. The number of likely N-dealkylation sites (tertiary alicyclic amines) is 1. The van der Waals surface area contributed by atoms with Crippen molar-refractivity contribution in [3.63, 3.8) is 0 Å². The smallest absolute Gasteiger partial charge is 0.413 e. The Morgan fingerprint density at radius 2 is 2.12 bits per heavy atom. The number of carbonyl (C=O) groups excluding carboxylic acids is 2. The highest BCUT2D eigenvalue weighted by Crippen LogP contribution is 2.34. The SMILES string of the molecule is Cc1c(-c2cc3cc(NC(=O)O[C@@]4(C)CC(=O)N(C)C4)ncc3c(N)n2)cnc2c1NCCC2. The number of nitrogen functional groups attached to an aromatic ring is 1. The largest absolute Gasteiger partial charge is 0.441 e. The van der Waals surface area contributed by atoms with Crippen LogP contribution in [0.3, 0.4) is 0 Å². The molecule has 5 rings (SSSR count). The molecule has 0 unspecified atom stereocenters. The van der Waals surface area contributed by atoms with Crippen LogP contribution in [-0.2, 0) is 16.0 Å². The first-order valence-corrected chi connectivity index (χ1v) is 11.3. The van der Waals surface area contributed by atoms with Gasteiger partial charge in [0.25, 0.3) is 0 Å². The molecule has 4 N–H and O–H groups in total. The number of aromatic nitrogens is 3. The number of likely N-dealkylation sites (N-methyl/N-ethyl adjacent to an activating group) is 1. The van der Waals surface area contributed by atoms with E-state index in [0.717, 1.165) is 47.3 Å². The van der Waals surface area contributed by atoms with Crippen LogP contribution in [-0.4, -0.2) is 57.6 Å². The Hall–Kier alpha value is -3.95. The highest BCUT2D eigenvalue weighted by molar-refractivity contribution is 5.96. The third-order valence-corrected chi connectivity index (χ3v) is 6.42. The molecule has 10 heteroatoms. The lowest BCUT2D eigenvalue weighted by atomic mass is 9.99. The lowest BCUT2D eigenvalue weighted by molar-refractivity contribution is -0.126. The van der Waals surface area contributed by atoms with E-state index in [1.165, 1.54) is 0 Å². The summed E-state index contributed by atoms with van der Waals surface area (Å²) >= 11 is 0. The zero-order valence-electron chi connectivity index (χ0n) is 19.4. The van der Waals surface area contributed by atoms with Gasteiger partial charge in [-0.2, -0.15) is 0 Å². The summed E-state index contributed by atoms with van der Waals surface area (Å²) in [6, 6.07) is 3.64. The van der Waals surface area contributed by atoms with Crippen molar-refractivity contribution in [1.82, 2.24) is 19.9 Å². The number of amides is 2. The minimum absolute atomic E-state index is 0.0585. The maximum Gasteiger partial charge on any atom is 0.413 e. The van der Waals surface area contributed by atoms with Gasteiger partial charge >= 0.3 is 6.09 Å². The maximum absolute atomic E-state index is 12.5. The Morgan fingerprint density at radius 3 is 2.88 bits per heavy atom. The molecule has 0 bridgehead atoms. The predicted molar refractivity (Wildman–Crippen MR) is 129 cm³/mol. The molecule has 2 aliphatic heterocycles. The number of ether oxygens (including phenoxy) is 1. The van der Waals surface area contributed by atoms with Gasteiger partial charge in [0.2, 0.25) is 5.91 Å². The van der Waals surface area contributed by atoms with Gasteiger partial charge in [-0.25, -0.2) is 14.8 Å². The number of nitrogens with zero attached hydrogens (tertiary/aromatic N) is 4. The summed E-state index contributed by atoms with van der Waals surface area (Å²) in [5, 5.41) is 7.56. The first kappa shape index (κ1) is 21.9. The molecule has 0 saturated carbocycles. The Morgan fingerprint density at radius 1 is 1.29 bits per heavy atom. The molecule has 1 saturated heterocycles. The van der Waals surface area contributed by atoms with E-state index in [1.54, 1.807) is 31.1 Å². The number of anilines is 3. The van der Waals surface area contributed by atoms with Crippen LogP contribution in [0.15, 0.2) is 24.5 Å². The third kappa shape index (κ3) is 3.95. The van der Waals surface area contributed by atoms with Crippen LogP contribution in [0.4, 0.5) is 22.1 Å². The molecule has 3 aromatic rings. The normalized spacial score (nSPS) is 19.6. The van der Waals surface area contributed by atoms with Crippen LogP contribution in [0, 0.1) is 6.92 Å². The number of hydrogen-bond acceptors (Lipinski definition) is 8. The van der Waals surface area contributed by atoms with Gasteiger partial charge in [-0.1, -0.05) is 0 Å². The predicted octanol–water partition coefficient (Wildman–Crippen LogP) is 3.11. The number of carbonyl (C=O) groups is 2. The van der Waals surface area contributed by atoms with Crippen molar-refractivity contribution < 1.29 is 14.3 Å². The van der Waals surface area contributed by atoms with Crippen LogP contribution in [0.25, 0.3) is 22.0 Å². The first-order chi connectivity index (χ1) is 16.2. The Balaban J connectivity index is 1.42.